The van der Waals surface area contributed by atoms with E-state index in [0.717, 1.165) is 23.0 Å². The molecule has 2 aliphatic rings. The van der Waals surface area contributed by atoms with Crippen molar-refractivity contribution in [2.24, 2.45) is 16.7 Å². The highest BCUT2D eigenvalue weighted by atomic mass is 35.5. The third kappa shape index (κ3) is 2.43. The molecule has 0 radical (unpaired) electrons. The molecule has 3 rings (SSSR count). The van der Waals surface area contributed by atoms with E-state index in [0.29, 0.717) is 10.8 Å². The summed E-state index contributed by atoms with van der Waals surface area (Å²) in [5.74, 6) is 0.936. The third-order valence-corrected chi connectivity index (χ3v) is 7.02. The second-order valence-electron chi connectivity index (χ2n) is 8.55. The standard InChI is InChI=1S/C19H30N.ClH/c1-18(2)16-11-12-19(18,3)17(13-16)20(4,5)14-15-9-7-6-8-10-15;/h6-10,16-17H,11-14H2,1-5H3;1H/q+1;/p-1. The van der Waals surface area contributed by atoms with Crippen molar-refractivity contribution in [3.8, 4) is 0 Å². The predicted octanol–water partition coefficient (Wildman–Crippen LogP) is 1.48. The van der Waals surface area contributed by atoms with Crippen LogP contribution >= 0.6 is 0 Å². The molecule has 1 aromatic rings. The summed E-state index contributed by atoms with van der Waals surface area (Å²) in [5.41, 5.74) is 2.50. The Kier molecular flexibility index (Phi) is 4.23. The molecule has 2 fully saturated rings. The molecule has 1 nitrogen and oxygen atoms in total. The summed E-state index contributed by atoms with van der Waals surface area (Å²) in [5, 5.41) is 0. The molecule has 0 saturated heterocycles. The molecule has 2 aliphatic carbocycles. The van der Waals surface area contributed by atoms with Gasteiger partial charge in [0.25, 0.3) is 0 Å². The zero-order valence-electron chi connectivity index (χ0n) is 14.2. The number of fused-ring (bicyclic) bond motifs is 2. The van der Waals surface area contributed by atoms with Crippen LogP contribution in [0, 0.1) is 16.7 Å². The highest BCUT2D eigenvalue weighted by Crippen LogP contribution is 2.67. The molecular weight excluding hydrogens is 278 g/mol. The first-order valence-electron chi connectivity index (χ1n) is 8.14. The van der Waals surface area contributed by atoms with Gasteiger partial charge in [0.05, 0.1) is 20.1 Å². The maximum Gasteiger partial charge on any atom is 0.104 e. The fourth-order valence-electron chi connectivity index (χ4n) is 5.38. The van der Waals surface area contributed by atoms with Crippen molar-refractivity contribution in [3.63, 3.8) is 0 Å². The number of rotatable bonds is 3. The maximum absolute atomic E-state index is 2.57. The highest BCUT2D eigenvalue weighted by molar-refractivity contribution is 5.15. The van der Waals surface area contributed by atoms with E-state index in [1.165, 1.54) is 24.8 Å². The molecule has 2 bridgehead atoms. The van der Waals surface area contributed by atoms with Gasteiger partial charge in [-0.15, -0.1) is 0 Å². The van der Waals surface area contributed by atoms with Gasteiger partial charge < -0.3 is 16.9 Å². The second-order valence-corrected chi connectivity index (χ2v) is 8.55. The first-order valence-corrected chi connectivity index (χ1v) is 8.14. The van der Waals surface area contributed by atoms with Gasteiger partial charge in [-0.3, -0.25) is 0 Å². The molecule has 2 saturated carbocycles. The molecule has 2 heteroatoms. The molecule has 0 aliphatic heterocycles. The van der Waals surface area contributed by atoms with Crippen LogP contribution in [0.3, 0.4) is 0 Å². The maximum atomic E-state index is 2.57. The van der Waals surface area contributed by atoms with Crippen molar-refractivity contribution >= 4 is 0 Å². The number of hydrogen-bond donors (Lipinski definition) is 0. The summed E-state index contributed by atoms with van der Waals surface area (Å²) >= 11 is 0. The van der Waals surface area contributed by atoms with Gasteiger partial charge in [0.1, 0.15) is 6.54 Å². The molecule has 0 N–H and O–H groups in total. The Morgan fingerprint density at radius 2 is 1.71 bits per heavy atom. The summed E-state index contributed by atoms with van der Waals surface area (Å²) in [6.45, 7) is 8.76. The summed E-state index contributed by atoms with van der Waals surface area (Å²) in [6, 6.07) is 11.8. The van der Waals surface area contributed by atoms with Crippen molar-refractivity contribution in [1.29, 1.82) is 0 Å². The minimum Gasteiger partial charge on any atom is -1.00 e. The fourth-order valence-corrected chi connectivity index (χ4v) is 5.38. The van der Waals surface area contributed by atoms with Crippen molar-refractivity contribution in [1.82, 2.24) is 0 Å². The molecule has 0 aromatic heterocycles. The average molecular weight is 308 g/mol. The van der Waals surface area contributed by atoms with E-state index in [9.17, 15) is 0 Å². The number of benzene rings is 1. The Bertz CT molecular complexity index is 494. The summed E-state index contributed by atoms with van der Waals surface area (Å²) < 4.78 is 1.14. The number of nitrogens with zero attached hydrogens (tertiary/aromatic N) is 1. The SMILES string of the molecule is CC1(C)C2CCC1(C)C([N+](C)(C)Cc1ccccc1)C2.[Cl-]. The van der Waals surface area contributed by atoms with Crippen LogP contribution in [0.2, 0.25) is 0 Å². The smallest absolute Gasteiger partial charge is 0.104 e. The Morgan fingerprint density at radius 3 is 2.19 bits per heavy atom. The topological polar surface area (TPSA) is 0 Å². The monoisotopic (exact) mass is 307 g/mol. The lowest BCUT2D eigenvalue weighted by Crippen LogP contribution is -3.00. The lowest BCUT2D eigenvalue weighted by atomic mass is 9.68. The Labute approximate surface area is 136 Å². The molecular formula is C19H30ClN. The quantitative estimate of drug-likeness (QED) is 0.742. The summed E-state index contributed by atoms with van der Waals surface area (Å²) in [6.07, 6.45) is 4.29. The van der Waals surface area contributed by atoms with Gasteiger partial charge in [-0.2, -0.15) is 0 Å². The van der Waals surface area contributed by atoms with Crippen LogP contribution in [-0.2, 0) is 6.54 Å². The summed E-state index contributed by atoms with van der Waals surface area (Å²) in [7, 11) is 4.89. The molecule has 3 unspecified atom stereocenters. The normalized spacial score (nSPS) is 33.8. The van der Waals surface area contributed by atoms with Gasteiger partial charge in [-0.1, -0.05) is 51.1 Å². The van der Waals surface area contributed by atoms with Gasteiger partial charge in [0.2, 0.25) is 0 Å². The molecule has 118 valence electrons. The lowest BCUT2D eigenvalue weighted by molar-refractivity contribution is -0.935. The van der Waals surface area contributed by atoms with Crippen molar-refractivity contribution in [2.45, 2.75) is 52.6 Å². The van der Waals surface area contributed by atoms with Crippen LogP contribution in [0.25, 0.3) is 0 Å². The minimum atomic E-state index is 0. The molecule has 3 atom stereocenters. The molecule has 0 amide bonds. The van der Waals surface area contributed by atoms with E-state index >= 15 is 0 Å². The first kappa shape index (κ1) is 16.8. The molecule has 0 spiro atoms. The largest absolute Gasteiger partial charge is 1.00 e. The molecule has 21 heavy (non-hydrogen) atoms. The van der Waals surface area contributed by atoms with E-state index in [-0.39, 0.29) is 12.4 Å². The fraction of sp³-hybridized carbons (Fsp3) is 0.684. The minimum absolute atomic E-state index is 0. The van der Waals surface area contributed by atoms with Crippen molar-refractivity contribution < 1.29 is 16.9 Å². The van der Waals surface area contributed by atoms with Crippen LogP contribution in [0.15, 0.2) is 30.3 Å². The Morgan fingerprint density at radius 1 is 1.10 bits per heavy atom. The Hall–Kier alpha value is -0.530. The third-order valence-electron chi connectivity index (χ3n) is 7.02. The van der Waals surface area contributed by atoms with E-state index in [4.69, 9.17) is 0 Å². The van der Waals surface area contributed by atoms with Gasteiger partial charge >= 0.3 is 0 Å². The van der Waals surface area contributed by atoms with E-state index < -0.39 is 0 Å². The average Bonchev–Trinajstić information content (AvgIpc) is 2.72. The van der Waals surface area contributed by atoms with Gasteiger partial charge in [-0.05, 0) is 24.2 Å². The number of hydrogen-bond acceptors (Lipinski definition) is 0. The first-order chi connectivity index (χ1) is 9.27. The lowest BCUT2D eigenvalue weighted by Gasteiger charge is -2.47. The Balaban J connectivity index is 0.00000161. The molecule has 0 heterocycles. The van der Waals surface area contributed by atoms with Gasteiger partial charge in [0, 0.05) is 17.4 Å². The van der Waals surface area contributed by atoms with Crippen LogP contribution < -0.4 is 12.4 Å². The second kappa shape index (κ2) is 5.28. The van der Waals surface area contributed by atoms with Crippen LogP contribution in [0.1, 0.15) is 45.6 Å². The van der Waals surface area contributed by atoms with Gasteiger partial charge in [-0.25, -0.2) is 0 Å². The van der Waals surface area contributed by atoms with Crippen molar-refractivity contribution in [2.75, 3.05) is 14.1 Å². The highest BCUT2D eigenvalue weighted by Gasteiger charge is 2.65. The zero-order chi connectivity index (χ0) is 14.6. The van der Waals surface area contributed by atoms with Crippen molar-refractivity contribution in [3.05, 3.63) is 35.9 Å². The van der Waals surface area contributed by atoms with E-state index in [2.05, 4.69) is 65.2 Å². The number of halogens is 1. The van der Waals surface area contributed by atoms with Gasteiger partial charge in [0.15, 0.2) is 0 Å². The van der Waals surface area contributed by atoms with E-state index in [1.807, 2.05) is 0 Å². The summed E-state index contributed by atoms with van der Waals surface area (Å²) in [4.78, 5) is 0. The van der Waals surface area contributed by atoms with Crippen LogP contribution in [0.4, 0.5) is 0 Å². The predicted molar refractivity (Wildman–Crippen MR) is 85.3 cm³/mol. The van der Waals surface area contributed by atoms with Crippen LogP contribution in [0.5, 0.6) is 0 Å². The van der Waals surface area contributed by atoms with E-state index in [1.54, 1.807) is 0 Å². The number of quaternary nitrogens is 1. The van der Waals surface area contributed by atoms with Crippen LogP contribution in [-0.4, -0.2) is 24.6 Å². The molecule has 1 aromatic carbocycles. The zero-order valence-corrected chi connectivity index (χ0v) is 15.0.